The normalized spacial score (nSPS) is 20.8. The number of nitrogens with zero attached hydrogens (tertiary/aromatic N) is 1. The Balaban J connectivity index is 2.41. The molecule has 0 aromatic heterocycles. The van der Waals surface area contributed by atoms with Gasteiger partial charge in [0.2, 0.25) is 0 Å². The molecule has 1 unspecified atom stereocenters. The molecule has 0 fully saturated rings. The van der Waals surface area contributed by atoms with Crippen LogP contribution in [0.15, 0.2) is 35.0 Å². The van der Waals surface area contributed by atoms with E-state index in [-0.39, 0.29) is 11.9 Å². The van der Waals surface area contributed by atoms with Crippen LogP contribution in [0.5, 0.6) is 0 Å². The Labute approximate surface area is 87.8 Å². The molecule has 0 heterocycles. The summed E-state index contributed by atoms with van der Waals surface area (Å²) < 4.78 is 12.7. The van der Waals surface area contributed by atoms with Gasteiger partial charge in [0.05, 0.1) is 0 Å². The van der Waals surface area contributed by atoms with Crippen LogP contribution in [-0.2, 0) is 0 Å². The third-order valence-corrected chi connectivity index (χ3v) is 2.87. The SMILES string of the molecule is CC1=C(c2ccc(F)cc2)C(N=O)CC1. The minimum atomic E-state index is -0.259. The summed E-state index contributed by atoms with van der Waals surface area (Å²) in [6, 6.07) is 5.98. The van der Waals surface area contributed by atoms with Crippen LogP contribution >= 0.6 is 0 Å². The van der Waals surface area contributed by atoms with Crippen molar-refractivity contribution in [3.05, 3.63) is 46.1 Å². The Hall–Kier alpha value is -1.51. The van der Waals surface area contributed by atoms with Gasteiger partial charge in [-0.15, -0.1) is 0 Å². The number of allylic oxidation sites excluding steroid dienone is 1. The summed E-state index contributed by atoms with van der Waals surface area (Å²) in [6.45, 7) is 2.00. The van der Waals surface area contributed by atoms with E-state index in [1.807, 2.05) is 6.92 Å². The number of hydrogen-bond donors (Lipinski definition) is 0. The van der Waals surface area contributed by atoms with Crippen molar-refractivity contribution in [1.82, 2.24) is 0 Å². The second kappa shape index (κ2) is 3.93. The first-order valence-corrected chi connectivity index (χ1v) is 5.00. The third-order valence-electron chi connectivity index (χ3n) is 2.87. The molecule has 0 bridgehead atoms. The molecule has 1 aliphatic rings. The van der Waals surface area contributed by atoms with Gasteiger partial charge in [-0.05, 0) is 43.0 Å². The minimum absolute atomic E-state index is 0.254. The van der Waals surface area contributed by atoms with Crippen molar-refractivity contribution < 1.29 is 4.39 Å². The molecule has 0 amide bonds. The Morgan fingerprint density at radius 1 is 1.33 bits per heavy atom. The van der Waals surface area contributed by atoms with E-state index in [1.165, 1.54) is 17.7 Å². The van der Waals surface area contributed by atoms with Gasteiger partial charge < -0.3 is 0 Å². The van der Waals surface area contributed by atoms with Gasteiger partial charge >= 0.3 is 0 Å². The lowest BCUT2D eigenvalue weighted by molar-refractivity contribution is 0.627. The number of rotatable bonds is 2. The molecule has 2 rings (SSSR count). The average Bonchev–Trinajstić information content (AvgIpc) is 2.61. The highest BCUT2D eigenvalue weighted by atomic mass is 19.1. The van der Waals surface area contributed by atoms with Gasteiger partial charge in [0.25, 0.3) is 0 Å². The van der Waals surface area contributed by atoms with E-state index >= 15 is 0 Å². The van der Waals surface area contributed by atoms with Crippen LogP contribution in [0.4, 0.5) is 4.39 Å². The molecular formula is C12H12FNO. The number of nitroso groups, excluding NO2 is 1. The zero-order valence-corrected chi connectivity index (χ0v) is 8.53. The van der Waals surface area contributed by atoms with E-state index in [0.717, 1.165) is 24.0 Å². The zero-order valence-electron chi connectivity index (χ0n) is 8.53. The van der Waals surface area contributed by atoms with E-state index in [1.54, 1.807) is 12.1 Å². The first-order valence-electron chi connectivity index (χ1n) is 5.00. The van der Waals surface area contributed by atoms with E-state index in [9.17, 15) is 9.30 Å². The maximum absolute atomic E-state index is 12.7. The topological polar surface area (TPSA) is 29.4 Å². The van der Waals surface area contributed by atoms with Crippen LogP contribution in [0.2, 0.25) is 0 Å². The van der Waals surface area contributed by atoms with Gasteiger partial charge in [0, 0.05) is 0 Å². The van der Waals surface area contributed by atoms with Gasteiger partial charge in [0.15, 0.2) is 0 Å². The predicted octanol–water partition coefficient (Wildman–Crippen LogP) is 3.53. The summed E-state index contributed by atoms with van der Waals surface area (Å²) >= 11 is 0. The van der Waals surface area contributed by atoms with Gasteiger partial charge in [-0.25, -0.2) is 4.39 Å². The lowest BCUT2D eigenvalue weighted by atomic mass is 10.00. The first kappa shape index (κ1) is 10.0. The summed E-state index contributed by atoms with van der Waals surface area (Å²) in [6.07, 6.45) is 1.69. The molecule has 0 saturated carbocycles. The Kier molecular flexibility index (Phi) is 2.62. The van der Waals surface area contributed by atoms with Crippen molar-refractivity contribution in [2.24, 2.45) is 5.18 Å². The molecule has 2 nitrogen and oxygen atoms in total. The maximum atomic E-state index is 12.7. The van der Waals surface area contributed by atoms with E-state index in [4.69, 9.17) is 0 Å². The van der Waals surface area contributed by atoms with Crippen molar-refractivity contribution in [2.45, 2.75) is 25.8 Å². The summed E-state index contributed by atoms with van der Waals surface area (Å²) in [5.74, 6) is -0.259. The molecule has 0 N–H and O–H groups in total. The average molecular weight is 205 g/mol. The van der Waals surface area contributed by atoms with Crippen molar-refractivity contribution >= 4 is 5.57 Å². The molecule has 15 heavy (non-hydrogen) atoms. The van der Waals surface area contributed by atoms with E-state index < -0.39 is 0 Å². The summed E-state index contributed by atoms with van der Waals surface area (Å²) in [5, 5.41) is 3.12. The summed E-state index contributed by atoms with van der Waals surface area (Å²) in [7, 11) is 0. The molecule has 0 spiro atoms. The van der Waals surface area contributed by atoms with Crippen LogP contribution in [-0.4, -0.2) is 6.04 Å². The Bertz CT molecular complexity index is 408. The minimum Gasteiger partial charge on any atom is -0.207 e. The monoisotopic (exact) mass is 205 g/mol. The van der Waals surface area contributed by atoms with Gasteiger partial charge in [0.1, 0.15) is 11.9 Å². The second-order valence-corrected chi connectivity index (χ2v) is 3.86. The fraction of sp³-hybridized carbons (Fsp3) is 0.333. The van der Waals surface area contributed by atoms with Crippen LogP contribution in [0.3, 0.4) is 0 Å². The first-order chi connectivity index (χ1) is 7.22. The fourth-order valence-corrected chi connectivity index (χ4v) is 2.09. The van der Waals surface area contributed by atoms with Gasteiger partial charge in [-0.1, -0.05) is 22.9 Å². The maximum Gasteiger partial charge on any atom is 0.123 e. The summed E-state index contributed by atoms with van der Waals surface area (Å²) in [4.78, 5) is 10.6. The highest BCUT2D eigenvalue weighted by molar-refractivity contribution is 5.74. The fourth-order valence-electron chi connectivity index (χ4n) is 2.09. The predicted molar refractivity (Wildman–Crippen MR) is 57.8 cm³/mol. The molecule has 1 aliphatic carbocycles. The van der Waals surface area contributed by atoms with E-state index in [0.29, 0.717) is 0 Å². The van der Waals surface area contributed by atoms with Gasteiger partial charge in [-0.2, -0.15) is 4.91 Å². The number of halogens is 1. The molecule has 1 atom stereocenters. The van der Waals surface area contributed by atoms with Crippen molar-refractivity contribution in [1.29, 1.82) is 0 Å². The van der Waals surface area contributed by atoms with Crippen LogP contribution in [0, 0.1) is 10.7 Å². The van der Waals surface area contributed by atoms with Crippen LogP contribution < -0.4 is 0 Å². The Morgan fingerprint density at radius 3 is 2.60 bits per heavy atom. The van der Waals surface area contributed by atoms with Crippen LogP contribution in [0.1, 0.15) is 25.3 Å². The second-order valence-electron chi connectivity index (χ2n) is 3.86. The smallest absolute Gasteiger partial charge is 0.123 e. The number of benzene rings is 1. The highest BCUT2D eigenvalue weighted by Gasteiger charge is 2.24. The molecule has 3 heteroatoms. The highest BCUT2D eigenvalue weighted by Crippen LogP contribution is 2.35. The molecule has 0 radical (unpaired) electrons. The standard InChI is InChI=1S/C12H12FNO/c1-8-2-7-11(14-15)12(8)9-3-5-10(13)6-4-9/h3-6,11H,2,7H2,1H3. The van der Waals surface area contributed by atoms with Crippen molar-refractivity contribution in [2.75, 3.05) is 0 Å². The third kappa shape index (κ3) is 1.82. The molecule has 0 saturated heterocycles. The quantitative estimate of drug-likeness (QED) is 0.679. The largest absolute Gasteiger partial charge is 0.207 e. The molecule has 1 aromatic carbocycles. The summed E-state index contributed by atoms with van der Waals surface area (Å²) in [5.41, 5.74) is 3.08. The number of hydrogen-bond acceptors (Lipinski definition) is 2. The zero-order chi connectivity index (χ0) is 10.8. The lowest BCUT2D eigenvalue weighted by Crippen LogP contribution is -2.01. The molecule has 0 aliphatic heterocycles. The Morgan fingerprint density at radius 2 is 2.00 bits per heavy atom. The van der Waals surface area contributed by atoms with E-state index in [2.05, 4.69) is 5.18 Å². The van der Waals surface area contributed by atoms with Gasteiger partial charge in [-0.3, -0.25) is 0 Å². The van der Waals surface area contributed by atoms with Crippen LogP contribution in [0.25, 0.3) is 5.57 Å². The lowest BCUT2D eigenvalue weighted by Gasteiger charge is -2.08. The molecule has 1 aromatic rings. The van der Waals surface area contributed by atoms with Crippen molar-refractivity contribution in [3.63, 3.8) is 0 Å². The molecular weight excluding hydrogens is 193 g/mol. The van der Waals surface area contributed by atoms with Crippen molar-refractivity contribution in [3.8, 4) is 0 Å². The molecule has 78 valence electrons.